The lowest BCUT2D eigenvalue weighted by Gasteiger charge is -2.62. The van der Waals surface area contributed by atoms with Gasteiger partial charge in [-0.2, -0.15) is 5.26 Å². The van der Waals surface area contributed by atoms with Crippen LogP contribution in [0.2, 0.25) is 0 Å². The molecule has 0 aromatic heterocycles. The number of hydrogen-bond acceptors (Lipinski definition) is 3. The largest absolute Gasteiger partial charge is 0.393 e. The van der Waals surface area contributed by atoms with Crippen LogP contribution in [0, 0.1) is 39.9 Å². The predicted octanol–water partition coefficient (Wildman–Crippen LogP) is 3.95. The fourth-order valence-corrected chi connectivity index (χ4v) is 7.05. The highest BCUT2D eigenvalue weighted by Gasteiger charge is 2.62. The number of aliphatic hydroxyl groups excluding tert-OH is 1. The highest BCUT2D eigenvalue weighted by Crippen LogP contribution is 2.65. The molecule has 0 amide bonds. The summed E-state index contributed by atoms with van der Waals surface area (Å²) in [5, 5.41) is 30.8. The van der Waals surface area contributed by atoms with Crippen molar-refractivity contribution in [3.05, 3.63) is 11.6 Å². The van der Waals surface area contributed by atoms with Crippen LogP contribution in [0.1, 0.15) is 71.6 Å². The van der Waals surface area contributed by atoms with E-state index in [1.54, 1.807) is 0 Å². The van der Waals surface area contributed by atoms with E-state index in [1.165, 1.54) is 5.57 Å². The van der Waals surface area contributed by atoms with E-state index in [9.17, 15) is 15.5 Å². The Kier molecular flexibility index (Phi) is 3.68. The number of nitrogens with zero attached hydrogens (tertiary/aromatic N) is 1. The van der Waals surface area contributed by atoms with Crippen LogP contribution in [0.25, 0.3) is 0 Å². The van der Waals surface area contributed by atoms with Gasteiger partial charge in [-0.15, -0.1) is 0 Å². The summed E-state index contributed by atoms with van der Waals surface area (Å²) in [6.45, 7) is 4.60. The fourth-order valence-electron chi connectivity index (χ4n) is 7.05. The molecular formula is C21H31NO2. The second-order valence-electron chi connectivity index (χ2n) is 9.48. The Morgan fingerprint density at radius 1 is 1.12 bits per heavy atom. The molecule has 0 unspecified atom stereocenters. The van der Waals surface area contributed by atoms with Gasteiger partial charge in [0.15, 0.2) is 5.60 Å². The van der Waals surface area contributed by atoms with E-state index in [2.05, 4.69) is 26.0 Å². The lowest BCUT2D eigenvalue weighted by molar-refractivity contribution is -0.160. The van der Waals surface area contributed by atoms with Gasteiger partial charge in [0.05, 0.1) is 12.2 Å². The summed E-state index contributed by atoms with van der Waals surface area (Å²) in [6, 6.07) is 2.29. The Balaban J connectivity index is 1.70. The summed E-state index contributed by atoms with van der Waals surface area (Å²) in [5.41, 5.74) is 0.314. The molecule has 3 fully saturated rings. The van der Waals surface area contributed by atoms with Gasteiger partial charge in [0.1, 0.15) is 0 Å². The third-order valence-electron chi connectivity index (χ3n) is 8.65. The fraction of sp³-hybridized carbons (Fsp3) is 0.857. The molecule has 2 N–H and O–H groups in total. The SMILES string of the molecule is C[C@]12CC[C@H](O)CC1=CC[C@H]1[C@H]3CCC[C@@](O)(C#N)[C@]3(C)CC[C@@H]12. The number of hydrogen-bond donors (Lipinski definition) is 2. The molecule has 0 aliphatic heterocycles. The van der Waals surface area contributed by atoms with Crippen molar-refractivity contribution in [2.24, 2.45) is 28.6 Å². The number of fused-ring (bicyclic) bond motifs is 5. The minimum atomic E-state index is -1.14. The molecule has 3 saturated carbocycles. The molecule has 24 heavy (non-hydrogen) atoms. The van der Waals surface area contributed by atoms with Gasteiger partial charge < -0.3 is 10.2 Å². The minimum Gasteiger partial charge on any atom is -0.393 e. The lowest BCUT2D eigenvalue weighted by Crippen LogP contribution is -2.60. The molecule has 4 aliphatic rings. The Labute approximate surface area is 145 Å². The van der Waals surface area contributed by atoms with Crippen molar-refractivity contribution in [3.8, 4) is 6.07 Å². The first-order valence-corrected chi connectivity index (χ1v) is 9.85. The van der Waals surface area contributed by atoms with E-state index in [0.29, 0.717) is 24.2 Å². The topological polar surface area (TPSA) is 64.2 Å². The van der Waals surface area contributed by atoms with Gasteiger partial charge in [0.25, 0.3) is 0 Å². The molecule has 0 saturated heterocycles. The first-order chi connectivity index (χ1) is 11.3. The van der Waals surface area contributed by atoms with Crippen molar-refractivity contribution in [1.29, 1.82) is 5.26 Å². The van der Waals surface area contributed by atoms with Crippen LogP contribution in [0.15, 0.2) is 11.6 Å². The molecule has 4 aliphatic carbocycles. The van der Waals surface area contributed by atoms with Crippen molar-refractivity contribution in [3.63, 3.8) is 0 Å². The first kappa shape index (κ1) is 16.6. The first-order valence-electron chi connectivity index (χ1n) is 9.85. The van der Waals surface area contributed by atoms with E-state index in [1.807, 2.05) is 0 Å². The van der Waals surface area contributed by atoms with Gasteiger partial charge in [0, 0.05) is 5.41 Å². The van der Waals surface area contributed by atoms with E-state index in [0.717, 1.165) is 51.4 Å². The van der Waals surface area contributed by atoms with E-state index < -0.39 is 5.60 Å². The van der Waals surface area contributed by atoms with Crippen molar-refractivity contribution in [2.45, 2.75) is 83.3 Å². The van der Waals surface area contributed by atoms with Crippen molar-refractivity contribution >= 4 is 0 Å². The number of nitriles is 1. The quantitative estimate of drug-likeness (QED) is 0.522. The molecule has 132 valence electrons. The molecular weight excluding hydrogens is 298 g/mol. The third kappa shape index (κ3) is 2.02. The minimum absolute atomic E-state index is 0.159. The zero-order valence-corrected chi connectivity index (χ0v) is 15.1. The van der Waals surface area contributed by atoms with E-state index in [4.69, 9.17) is 0 Å². The van der Waals surface area contributed by atoms with E-state index >= 15 is 0 Å². The van der Waals surface area contributed by atoms with Crippen LogP contribution in [-0.4, -0.2) is 21.9 Å². The molecule has 0 aromatic rings. The Morgan fingerprint density at radius 2 is 1.92 bits per heavy atom. The Hall–Kier alpha value is -0.850. The highest BCUT2D eigenvalue weighted by molar-refractivity contribution is 5.27. The average molecular weight is 329 g/mol. The summed E-state index contributed by atoms with van der Waals surface area (Å²) in [6.07, 6.45) is 11.0. The second-order valence-corrected chi connectivity index (χ2v) is 9.48. The van der Waals surface area contributed by atoms with Crippen LogP contribution in [-0.2, 0) is 0 Å². The molecule has 0 aromatic carbocycles. The molecule has 3 nitrogen and oxygen atoms in total. The summed E-state index contributed by atoms with van der Waals surface area (Å²) in [7, 11) is 0. The Morgan fingerprint density at radius 3 is 2.67 bits per heavy atom. The summed E-state index contributed by atoms with van der Waals surface area (Å²) < 4.78 is 0. The zero-order chi connectivity index (χ0) is 17.2. The smallest absolute Gasteiger partial charge is 0.156 e. The van der Waals surface area contributed by atoms with Gasteiger partial charge >= 0.3 is 0 Å². The van der Waals surface area contributed by atoms with Crippen LogP contribution in [0.3, 0.4) is 0 Å². The maximum atomic E-state index is 11.0. The summed E-state index contributed by atoms with van der Waals surface area (Å²) in [5.74, 6) is 1.70. The standard InChI is InChI=1S/C21H31NO2/c1-19-10-7-15(23)12-14(19)5-6-16-17(19)8-11-20(2)18(16)4-3-9-21(20,24)13-22/h5,15-18,23-24H,3-4,6-12H2,1-2H3/t15-,16+,17-,18+,19-,20+,21+/m0/s1. The number of allylic oxidation sites excluding steroid dienone is 1. The van der Waals surface area contributed by atoms with Gasteiger partial charge in [0.2, 0.25) is 0 Å². The third-order valence-corrected chi connectivity index (χ3v) is 8.65. The second kappa shape index (κ2) is 5.32. The van der Waals surface area contributed by atoms with Crippen molar-refractivity contribution in [1.82, 2.24) is 0 Å². The van der Waals surface area contributed by atoms with Gasteiger partial charge in [-0.25, -0.2) is 0 Å². The normalized spacial score (nSPS) is 53.9. The lowest BCUT2D eigenvalue weighted by atomic mass is 9.43. The molecule has 7 atom stereocenters. The summed E-state index contributed by atoms with van der Waals surface area (Å²) >= 11 is 0. The summed E-state index contributed by atoms with van der Waals surface area (Å²) in [4.78, 5) is 0. The maximum Gasteiger partial charge on any atom is 0.156 e. The van der Waals surface area contributed by atoms with Crippen LogP contribution >= 0.6 is 0 Å². The molecule has 0 radical (unpaired) electrons. The predicted molar refractivity (Wildman–Crippen MR) is 92.9 cm³/mol. The maximum absolute atomic E-state index is 11.0. The Bertz CT molecular complexity index is 607. The van der Waals surface area contributed by atoms with Crippen molar-refractivity contribution < 1.29 is 10.2 Å². The number of rotatable bonds is 0. The highest BCUT2D eigenvalue weighted by atomic mass is 16.3. The molecule has 0 bridgehead atoms. The molecule has 0 spiro atoms. The van der Waals surface area contributed by atoms with Gasteiger partial charge in [-0.1, -0.05) is 25.5 Å². The molecule has 0 heterocycles. The van der Waals surface area contributed by atoms with Gasteiger partial charge in [-0.3, -0.25) is 0 Å². The van der Waals surface area contributed by atoms with Crippen LogP contribution in [0.5, 0.6) is 0 Å². The zero-order valence-electron chi connectivity index (χ0n) is 15.1. The van der Waals surface area contributed by atoms with Crippen LogP contribution in [0.4, 0.5) is 0 Å². The van der Waals surface area contributed by atoms with Crippen molar-refractivity contribution in [2.75, 3.05) is 0 Å². The monoisotopic (exact) mass is 329 g/mol. The van der Waals surface area contributed by atoms with Gasteiger partial charge in [-0.05, 0) is 81.0 Å². The van der Waals surface area contributed by atoms with Crippen LogP contribution < -0.4 is 0 Å². The van der Waals surface area contributed by atoms with E-state index in [-0.39, 0.29) is 16.9 Å². The average Bonchev–Trinajstić information content (AvgIpc) is 2.56. The molecule has 4 rings (SSSR count). The number of aliphatic hydroxyl groups is 2. The molecule has 3 heteroatoms.